The van der Waals surface area contributed by atoms with E-state index in [2.05, 4.69) is 5.32 Å². The third-order valence-corrected chi connectivity index (χ3v) is 3.74. The summed E-state index contributed by atoms with van der Waals surface area (Å²) in [5, 5.41) is 3.21. The van der Waals surface area contributed by atoms with E-state index in [1.165, 1.54) is 0 Å². The third kappa shape index (κ3) is 3.38. The SMILES string of the molecule is CO[C@H]1CCC[C@H](n2cccc(NC(C)C)c2=O)C1. The maximum atomic E-state index is 12.5. The van der Waals surface area contributed by atoms with Crippen molar-refractivity contribution in [2.24, 2.45) is 0 Å². The third-order valence-electron chi connectivity index (χ3n) is 3.74. The van der Waals surface area contributed by atoms with Crippen molar-refractivity contribution in [2.45, 2.75) is 57.7 Å². The van der Waals surface area contributed by atoms with Gasteiger partial charge in [-0.25, -0.2) is 0 Å². The summed E-state index contributed by atoms with van der Waals surface area (Å²) >= 11 is 0. The molecule has 2 atom stereocenters. The van der Waals surface area contributed by atoms with E-state index in [0.717, 1.165) is 25.7 Å². The molecule has 1 saturated carbocycles. The largest absolute Gasteiger partial charge is 0.381 e. The van der Waals surface area contributed by atoms with Crippen molar-refractivity contribution < 1.29 is 4.74 Å². The van der Waals surface area contributed by atoms with E-state index in [-0.39, 0.29) is 23.7 Å². The highest BCUT2D eigenvalue weighted by molar-refractivity contribution is 5.41. The molecule has 0 spiro atoms. The molecule has 106 valence electrons. The fraction of sp³-hybridized carbons (Fsp3) is 0.667. The molecule has 0 radical (unpaired) electrons. The molecule has 2 rings (SSSR count). The van der Waals surface area contributed by atoms with E-state index in [0.29, 0.717) is 5.69 Å². The number of rotatable bonds is 4. The lowest BCUT2D eigenvalue weighted by molar-refractivity contribution is 0.0525. The molecule has 19 heavy (non-hydrogen) atoms. The number of hydrogen-bond donors (Lipinski definition) is 1. The molecular weight excluding hydrogens is 240 g/mol. The minimum Gasteiger partial charge on any atom is -0.381 e. The second-order valence-corrected chi connectivity index (χ2v) is 5.61. The molecule has 0 aromatic carbocycles. The lowest BCUT2D eigenvalue weighted by Crippen LogP contribution is -2.32. The summed E-state index contributed by atoms with van der Waals surface area (Å²) in [6, 6.07) is 4.33. The number of anilines is 1. The topological polar surface area (TPSA) is 43.3 Å². The summed E-state index contributed by atoms with van der Waals surface area (Å²) in [7, 11) is 1.76. The van der Waals surface area contributed by atoms with Crippen molar-refractivity contribution in [3.63, 3.8) is 0 Å². The first-order valence-corrected chi connectivity index (χ1v) is 7.12. The van der Waals surface area contributed by atoms with Gasteiger partial charge >= 0.3 is 0 Å². The van der Waals surface area contributed by atoms with Crippen molar-refractivity contribution in [3.05, 3.63) is 28.7 Å². The molecule has 1 aromatic rings. The minimum atomic E-state index is 0.0814. The molecule has 0 unspecified atom stereocenters. The van der Waals surface area contributed by atoms with Crippen molar-refractivity contribution >= 4 is 5.69 Å². The molecule has 1 aliphatic carbocycles. The van der Waals surface area contributed by atoms with Gasteiger partial charge in [0, 0.05) is 25.4 Å². The predicted molar refractivity (Wildman–Crippen MR) is 77.8 cm³/mol. The zero-order valence-corrected chi connectivity index (χ0v) is 12.1. The predicted octanol–water partition coefficient (Wildman–Crippen LogP) is 2.80. The molecule has 1 N–H and O–H groups in total. The number of nitrogens with one attached hydrogen (secondary N) is 1. The molecule has 0 saturated heterocycles. The van der Waals surface area contributed by atoms with E-state index < -0.39 is 0 Å². The molecular formula is C15H24N2O2. The number of methoxy groups -OCH3 is 1. The molecule has 0 amide bonds. The Balaban J connectivity index is 2.22. The Kier molecular flexibility index (Phi) is 4.64. The van der Waals surface area contributed by atoms with Crippen LogP contribution in [0.1, 0.15) is 45.6 Å². The van der Waals surface area contributed by atoms with Gasteiger partial charge in [0.05, 0.1) is 6.10 Å². The standard InChI is InChI=1S/C15H24N2O2/c1-11(2)16-14-8-5-9-17(15(14)18)12-6-4-7-13(10-12)19-3/h5,8-9,11-13,16H,4,6-7,10H2,1-3H3/t12-,13-/m0/s1. The zero-order chi connectivity index (χ0) is 13.8. The molecule has 0 aliphatic heterocycles. The lowest BCUT2D eigenvalue weighted by Gasteiger charge is -2.29. The van der Waals surface area contributed by atoms with Crippen LogP contribution in [0.4, 0.5) is 5.69 Å². The highest BCUT2D eigenvalue weighted by atomic mass is 16.5. The molecule has 0 bridgehead atoms. The van der Waals surface area contributed by atoms with Crippen LogP contribution in [-0.4, -0.2) is 23.8 Å². The van der Waals surface area contributed by atoms with Crippen molar-refractivity contribution in [1.82, 2.24) is 4.57 Å². The molecule has 1 aliphatic rings. The number of ether oxygens (including phenoxy) is 1. The molecule has 1 fully saturated rings. The molecule has 1 aromatic heterocycles. The van der Waals surface area contributed by atoms with Gasteiger partial charge in [0.2, 0.25) is 0 Å². The Bertz CT molecular complexity index is 467. The van der Waals surface area contributed by atoms with Gasteiger partial charge in [0.25, 0.3) is 5.56 Å². The van der Waals surface area contributed by atoms with Gasteiger partial charge in [0.15, 0.2) is 0 Å². The Morgan fingerprint density at radius 1 is 1.42 bits per heavy atom. The first-order chi connectivity index (χ1) is 9.11. The van der Waals surface area contributed by atoms with Crippen LogP contribution in [0, 0.1) is 0 Å². The van der Waals surface area contributed by atoms with Crippen molar-refractivity contribution in [3.8, 4) is 0 Å². The average molecular weight is 264 g/mol. The number of nitrogens with zero attached hydrogens (tertiary/aromatic N) is 1. The van der Waals surface area contributed by atoms with Gasteiger partial charge in [-0.05, 0) is 51.7 Å². The maximum absolute atomic E-state index is 12.5. The Hall–Kier alpha value is -1.29. The van der Waals surface area contributed by atoms with Crippen LogP contribution in [-0.2, 0) is 4.74 Å². The second kappa shape index (κ2) is 6.24. The maximum Gasteiger partial charge on any atom is 0.274 e. The fourth-order valence-electron chi connectivity index (χ4n) is 2.81. The Labute approximate surface area is 114 Å². The quantitative estimate of drug-likeness (QED) is 0.909. The Morgan fingerprint density at radius 2 is 2.21 bits per heavy atom. The van der Waals surface area contributed by atoms with E-state index in [9.17, 15) is 4.79 Å². The van der Waals surface area contributed by atoms with Gasteiger partial charge in [0.1, 0.15) is 5.69 Å². The molecule has 4 nitrogen and oxygen atoms in total. The normalized spacial score (nSPS) is 23.6. The van der Waals surface area contributed by atoms with Gasteiger partial charge in [-0.3, -0.25) is 4.79 Å². The van der Waals surface area contributed by atoms with Gasteiger partial charge < -0.3 is 14.6 Å². The highest BCUT2D eigenvalue weighted by Crippen LogP contribution is 2.29. The summed E-state index contributed by atoms with van der Waals surface area (Å²) in [4.78, 5) is 12.5. The number of pyridine rings is 1. The average Bonchev–Trinajstić information content (AvgIpc) is 2.41. The molecule has 4 heteroatoms. The molecule has 1 heterocycles. The van der Waals surface area contributed by atoms with Crippen LogP contribution < -0.4 is 10.9 Å². The zero-order valence-electron chi connectivity index (χ0n) is 12.1. The summed E-state index contributed by atoms with van der Waals surface area (Å²) < 4.78 is 7.32. The van der Waals surface area contributed by atoms with E-state index >= 15 is 0 Å². The van der Waals surface area contributed by atoms with Gasteiger partial charge in [-0.15, -0.1) is 0 Å². The van der Waals surface area contributed by atoms with Crippen LogP contribution >= 0.6 is 0 Å². The second-order valence-electron chi connectivity index (χ2n) is 5.61. The first-order valence-electron chi connectivity index (χ1n) is 7.12. The van der Waals surface area contributed by atoms with Crippen LogP contribution in [0.25, 0.3) is 0 Å². The van der Waals surface area contributed by atoms with Crippen molar-refractivity contribution in [2.75, 3.05) is 12.4 Å². The van der Waals surface area contributed by atoms with Crippen LogP contribution in [0.5, 0.6) is 0 Å². The minimum absolute atomic E-state index is 0.0814. The summed E-state index contributed by atoms with van der Waals surface area (Å²) in [6.07, 6.45) is 6.40. The van der Waals surface area contributed by atoms with Gasteiger partial charge in [-0.2, -0.15) is 0 Å². The Morgan fingerprint density at radius 3 is 2.89 bits per heavy atom. The number of aromatic nitrogens is 1. The van der Waals surface area contributed by atoms with Crippen LogP contribution in [0.15, 0.2) is 23.1 Å². The van der Waals surface area contributed by atoms with E-state index in [4.69, 9.17) is 4.74 Å². The van der Waals surface area contributed by atoms with Crippen molar-refractivity contribution in [1.29, 1.82) is 0 Å². The van der Waals surface area contributed by atoms with Crippen LogP contribution in [0.2, 0.25) is 0 Å². The summed E-state index contributed by atoms with van der Waals surface area (Å²) in [6.45, 7) is 4.08. The summed E-state index contributed by atoms with van der Waals surface area (Å²) in [5.74, 6) is 0. The van der Waals surface area contributed by atoms with E-state index in [1.54, 1.807) is 7.11 Å². The fourth-order valence-corrected chi connectivity index (χ4v) is 2.81. The number of hydrogen-bond acceptors (Lipinski definition) is 3. The van der Waals surface area contributed by atoms with E-state index in [1.807, 2.05) is 36.7 Å². The lowest BCUT2D eigenvalue weighted by atomic mass is 9.92. The first kappa shape index (κ1) is 14.1. The van der Waals surface area contributed by atoms with Gasteiger partial charge in [-0.1, -0.05) is 0 Å². The highest BCUT2D eigenvalue weighted by Gasteiger charge is 2.24. The van der Waals surface area contributed by atoms with Crippen LogP contribution in [0.3, 0.4) is 0 Å². The summed E-state index contributed by atoms with van der Waals surface area (Å²) in [5.41, 5.74) is 0.773. The smallest absolute Gasteiger partial charge is 0.274 e. The monoisotopic (exact) mass is 264 g/mol.